The van der Waals surface area contributed by atoms with Gasteiger partial charge in [0.25, 0.3) is 5.69 Å². The van der Waals surface area contributed by atoms with Crippen molar-refractivity contribution in [2.75, 3.05) is 5.32 Å². The van der Waals surface area contributed by atoms with E-state index >= 15 is 0 Å². The van der Waals surface area contributed by atoms with Crippen molar-refractivity contribution < 1.29 is 19.3 Å². The zero-order valence-electron chi connectivity index (χ0n) is 17.2. The van der Waals surface area contributed by atoms with E-state index in [4.69, 9.17) is 0 Å². The van der Waals surface area contributed by atoms with E-state index in [0.717, 1.165) is 11.8 Å². The predicted molar refractivity (Wildman–Crippen MR) is 122 cm³/mol. The predicted octanol–water partition coefficient (Wildman–Crippen LogP) is 3.14. The Morgan fingerprint density at radius 3 is 2.59 bits per heavy atom. The summed E-state index contributed by atoms with van der Waals surface area (Å²) in [5, 5.41) is 23.7. The van der Waals surface area contributed by atoms with Gasteiger partial charge in [-0.05, 0) is 26.0 Å². The van der Waals surface area contributed by atoms with E-state index in [0.29, 0.717) is 22.5 Å². The topological polar surface area (TPSA) is 143 Å². The Kier molecular flexibility index (Phi) is 7.11. The van der Waals surface area contributed by atoms with Crippen LogP contribution in [-0.2, 0) is 9.59 Å². The summed E-state index contributed by atoms with van der Waals surface area (Å²) in [5.41, 5.74) is 1.84. The van der Waals surface area contributed by atoms with Gasteiger partial charge < -0.3 is 10.6 Å². The quantitative estimate of drug-likeness (QED) is 0.285. The lowest BCUT2D eigenvalue weighted by Crippen LogP contribution is -2.28. The number of nitro benzene ring substituents is 1. The number of anilines is 1. The van der Waals surface area contributed by atoms with Gasteiger partial charge in [0.15, 0.2) is 11.0 Å². The molecule has 0 aromatic heterocycles. The lowest BCUT2D eigenvalue weighted by molar-refractivity contribution is -0.384. The van der Waals surface area contributed by atoms with Crippen LogP contribution in [0.1, 0.15) is 36.2 Å². The third kappa shape index (κ3) is 5.85. The number of amides is 2. The number of ketones is 1. The fourth-order valence-corrected chi connectivity index (χ4v) is 3.72. The first kappa shape index (κ1) is 22.8. The smallest absolute Gasteiger partial charge is 0.270 e. The fraction of sp³-hybridized carbons (Fsp3) is 0.190. The number of hydrogen-bond acceptors (Lipinski definition) is 8. The number of hydrogen-bond donors (Lipinski definition) is 2. The van der Waals surface area contributed by atoms with Gasteiger partial charge in [-0.3, -0.25) is 24.5 Å². The first-order chi connectivity index (χ1) is 15.2. The second-order valence-corrected chi connectivity index (χ2v) is 8.07. The van der Waals surface area contributed by atoms with E-state index in [2.05, 4.69) is 20.8 Å². The molecular weight excluding hydrogens is 434 g/mol. The minimum Gasteiger partial charge on any atom is -0.326 e. The standard InChI is InChI=1S/C21H19N5O5S/c1-12(14-5-4-8-17(10-14)26(30)31)24-25-21-23-20(29)18(32-21)11-19(28)22-16-7-3-6-15(9-16)13(2)27/h3-10,18H,11H2,1-2H3,(H,22,28)(H,23,25,29)/t18-/m1/s1. The number of rotatable bonds is 7. The van der Waals surface area contributed by atoms with Gasteiger partial charge in [0.2, 0.25) is 11.8 Å². The van der Waals surface area contributed by atoms with Crippen molar-refractivity contribution in [2.45, 2.75) is 25.5 Å². The van der Waals surface area contributed by atoms with Crippen LogP contribution in [-0.4, -0.2) is 38.7 Å². The van der Waals surface area contributed by atoms with Crippen LogP contribution in [0.4, 0.5) is 11.4 Å². The Morgan fingerprint density at radius 1 is 1.16 bits per heavy atom. The minimum atomic E-state index is -0.682. The van der Waals surface area contributed by atoms with Gasteiger partial charge in [-0.25, -0.2) is 0 Å². The second-order valence-electron chi connectivity index (χ2n) is 6.88. The third-order valence-corrected chi connectivity index (χ3v) is 5.54. The van der Waals surface area contributed by atoms with Crippen LogP contribution >= 0.6 is 11.8 Å². The van der Waals surface area contributed by atoms with Crippen LogP contribution in [0, 0.1) is 10.1 Å². The zero-order chi connectivity index (χ0) is 23.3. The van der Waals surface area contributed by atoms with Gasteiger partial charge in [-0.1, -0.05) is 36.0 Å². The highest BCUT2D eigenvalue weighted by Crippen LogP contribution is 2.23. The number of amidine groups is 1. The monoisotopic (exact) mass is 453 g/mol. The van der Waals surface area contributed by atoms with Crippen molar-refractivity contribution in [3.63, 3.8) is 0 Å². The Hall–Kier alpha value is -3.86. The summed E-state index contributed by atoms with van der Waals surface area (Å²) in [7, 11) is 0. The average molecular weight is 453 g/mol. The molecule has 2 aromatic carbocycles. The van der Waals surface area contributed by atoms with Gasteiger partial charge in [0.05, 0.1) is 10.6 Å². The Balaban J connectivity index is 1.62. The van der Waals surface area contributed by atoms with Crippen LogP contribution in [0.25, 0.3) is 0 Å². The minimum absolute atomic E-state index is 0.0619. The highest BCUT2D eigenvalue weighted by Gasteiger charge is 2.32. The molecule has 11 heteroatoms. The number of non-ortho nitro benzene ring substituents is 1. The van der Waals surface area contributed by atoms with Crippen molar-refractivity contribution >= 4 is 51.6 Å². The molecule has 0 aliphatic carbocycles. The number of nitrogens with one attached hydrogen (secondary N) is 2. The molecule has 0 saturated carbocycles. The molecule has 10 nitrogen and oxygen atoms in total. The molecule has 1 fully saturated rings. The molecule has 0 radical (unpaired) electrons. The highest BCUT2D eigenvalue weighted by molar-refractivity contribution is 8.15. The van der Waals surface area contributed by atoms with Gasteiger partial charge in [0.1, 0.15) is 5.25 Å². The number of nitro groups is 1. The van der Waals surface area contributed by atoms with Crippen LogP contribution in [0.15, 0.2) is 58.7 Å². The van der Waals surface area contributed by atoms with Crippen molar-refractivity contribution in [3.05, 3.63) is 69.8 Å². The fourth-order valence-electron chi connectivity index (χ4n) is 2.81. The normalized spacial score (nSPS) is 17.2. The number of thioether (sulfide) groups is 1. The third-order valence-electron chi connectivity index (χ3n) is 4.47. The molecule has 2 aromatic rings. The molecule has 2 N–H and O–H groups in total. The largest absolute Gasteiger partial charge is 0.326 e. The first-order valence-electron chi connectivity index (χ1n) is 9.48. The van der Waals surface area contributed by atoms with Gasteiger partial charge in [-0.15, -0.1) is 5.10 Å². The number of Topliss-reactive ketones (excluding diaryl/α,β-unsaturated/α-hetero) is 1. The van der Waals surface area contributed by atoms with Crippen molar-refractivity contribution in [1.29, 1.82) is 0 Å². The Labute approximate surface area is 187 Å². The number of nitrogens with zero attached hydrogens (tertiary/aromatic N) is 3. The van der Waals surface area contributed by atoms with Crippen molar-refractivity contribution in [3.8, 4) is 0 Å². The summed E-state index contributed by atoms with van der Waals surface area (Å²) in [6.07, 6.45) is -0.0899. The molecule has 1 atom stereocenters. The summed E-state index contributed by atoms with van der Waals surface area (Å²) >= 11 is 1.07. The molecule has 2 amide bonds. The first-order valence-corrected chi connectivity index (χ1v) is 10.4. The van der Waals surface area contributed by atoms with Crippen LogP contribution in [0.2, 0.25) is 0 Å². The lowest BCUT2D eigenvalue weighted by atomic mass is 10.1. The molecule has 1 aliphatic heterocycles. The van der Waals surface area contributed by atoms with Crippen LogP contribution in [0.3, 0.4) is 0 Å². The SMILES string of the molecule is CC(=O)c1cccc(NC(=O)C[C@H]2SC(=NN=C(C)c3cccc([N+](=O)[O-])c3)NC2=O)c1. The van der Waals surface area contributed by atoms with E-state index < -0.39 is 10.2 Å². The average Bonchev–Trinajstić information content (AvgIpc) is 3.11. The molecule has 1 aliphatic rings. The number of carbonyl (C=O) groups is 3. The maximum absolute atomic E-state index is 12.3. The summed E-state index contributed by atoms with van der Waals surface area (Å²) in [6, 6.07) is 12.5. The summed E-state index contributed by atoms with van der Waals surface area (Å²) in [6.45, 7) is 3.08. The van der Waals surface area contributed by atoms with E-state index in [1.54, 1.807) is 43.3 Å². The van der Waals surface area contributed by atoms with Crippen LogP contribution in [0.5, 0.6) is 0 Å². The van der Waals surface area contributed by atoms with Gasteiger partial charge in [0, 0.05) is 35.4 Å². The number of benzene rings is 2. The Bertz CT molecular complexity index is 1160. The molecule has 0 spiro atoms. The number of carbonyl (C=O) groups excluding carboxylic acids is 3. The molecule has 1 heterocycles. The molecule has 1 saturated heterocycles. The maximum atomic E-state index is 12.3. The molecule has 32 heavy (non-hydrogen) atoms. The summed E-state index contributed by atoms with van der Waals surface area (Å²) in [4.78, 5) is 46.4. The second kappa shape index (κ2) is 9.96. The van der Waals surface area contributed by atoms with Gasteiger partial charge >= 0.3 is 0 Å². The molecule has 3 rings (SSSR count). The summed E-state index contributed by atoms with van der Waals surface area (Å²) < 4.78 is 0. The Morgan fingerprint density at radius 2 is 1.88 bits per heavy atom. The summed E-state index contributed by atoms with van der Waals surface area (Å²) in [5.74, 6) is -0.867. The lowest BCUT2D eigenvalue weighted by Gasteiger charge is -2.08. The van der Waals surface area contributed by atoms with Gasteiger partial charge in [-0.2, -0.15) is 5.10 Å². The van der Waals surface area contributed by atoms with E-state index in [1.807, 2.05) is 0 Å². The zero-order valence-corrected chi connectivity index (χ0v) is 18.0. The van der Waals surface area contributed by atoms with Crippen molar-refractivity contribution in [1.82, 2.24) is 5.32 Å². The molecular formula is C21H19N5O5S. The van der Waals surface area contributed by atoms with E-state index in [9.17, 15) is 24.5 Å². The molecule has 0 unspecified atom stereocenters. The maximum Gasteiger partial charge on any atom is 0.270 e. The molecule has 164 valence electrons. The van der Waals surface area contributed by atoms with E-state index in [-0.39, 0.29) is 34.9 Å². The molecule has 0 bridgehead atoms. The van der Waals surface area contributed by atoms with Crippen molar-refractivity contribution in [2.24, 2.45) is 10.2 Å². The van der Waals surface area contributed by atoms with Crippen LogP contribution < -0.4 is 10.6 Å². The highest BCUT2D eigenvalue weighted by atomic mass is 32.2. The van der Waals surface area contributed by atoms with E-state index in [1.165, 1.54) is 19.1 Å².